The Kier molecular flexibility index (Phi) is 3.56. The lowest BCUT2D eigenvalue weighted by Crippen LogP contribution is -2.34. The summed E-state index contributed by atoms with van der Waals surface area (Å²) in [7, 11) is 0. The molecule has 1 aromatic heterocycles. The molecule has 1 amide bonds. The van der Waals surface area contributed by atoms with Gasteiger partial charge in [-0.1, -0.05) is 12.1 Å². The van der Waals surface area contributed by atoms with Crippen LogP contribution in [0.25, 0.3) is 0 Å². The molecule has 16 heavy (non-hydrogen) atoms. The molecule has 1 aliphatic rings. The van der Waals surface area contributed by atoms with Gasteiger partial charge in [-0.2, -0.15) is 0 Å². The van der Waals surface area contributed by atoms with Gasteiger partial charge in [0.1, 0.15) is 11.3 Å². The Morgan fingerprint density at radius 3 is 3.25 bits per heavy atom. The summed E-state index contributed by atoms with van der Waals surface area (Å²) in [6, 6.07) is 0. The van der Waals surface area contributed by atoms with Crippen molar-refractivity contribution in [2.45, 2.75) is 19.8 Å². The van der Waals surface area contributed by atoms with Gasteiger partial charge in [-0.05, 0) is 13.0 Å². The molecule has 1 N–H and O–H groups in total. The summed E-state index contributed by atoms with van der Waals surface area (Å²) in [5, 5.41) is 6.97. The molecule has 0 atom stereocenters. The SMILES string of the molecule is CCc1oncc1C(=O)N1CCCNCC1. The molecule has 1 fully saturated rings. The van der Waals surface area contributed by atoms with Crippen molar-refractivity contribution in [2.75, 3.05) is 26.2 Å². The third-order valence-electron chi connectivity index (χ3n) is 2.82. The summed E-state index contributed by atoms with van der Waals surface area (Å²) in [6.07, 6.45) is 3.23. The van der Waals surface area contributed by atoms with E-state index in [9.17, 15) is 4.79 Å². The van der Waals surface area contributed by atoms with Crippen LogP contribution in [0.1, 0.15) is 29.5 Å². The molecule has 0 radical (unpaired) electrons. The molecule has 1 aromatic rings. The number of aryl methyl sites for hydroxylation is 1. The highest BCUT2D eigenvalue weighted by atomic mass is 16.5. The van der Waals surface area contributed by atoms with Crippen molar-refractivity contribution in [1.29, 1.82) is 0 Å². The van der Waals surface area contributed by atoms with Gasteiger partial charge in [0.25, 0.3) is 5.91 Å². The molecule has 2 heterocycles. The first-order chi connectivity index (χ1) is 7.83. The topological polar surface area (TPSA) is 58.4 Å². The summed E-state index contributed by atoms with van der Waals surface area (Å²) >= 11 is 0. The van der Waals surface area contributed by atoms with Crippen LogP contribution in [0.3, 0.4) is 0 Å². The molecule has 5 nitrogen and oxygen atoms in total. The van der Waals surface area contributed by atoms with Crippen LogP contribution < -0.4 is 5.32 Å². The van der Waals surface area contributed by atoms with E-state index in [1.165, 1.54) is 6.20 Å². The van der Waals surface area contributed by atoms with Gasteiger partial charge in [-0.15, -0.1) is 0 Å². The van der Waals surface area contributed by atoms with E-state index in [1.807, 2.05) is 11.8 Å². The van der Waals surface area contributed by atoms with E-state index in [-0.39, 0.29) is 5.91 Å². The van der Waals surface area contributed by atoms with Gasteiger partial charge in [0.2, 0.25) is 0 Å². The average Bonchev–Trinajstić information content (AvgIpc) is 2.61. The quantitative estimate of drug-likeness (QED) is 0.800. The van der Waals surface area contributed by atoms with Crippen LogP contribution in [0.5, 0.6) is 0 Å². The lowest BCUT2D eigenvalue weighted by atomic mass is 10.2. The Hall–Kier alpha value is -1.36. The van der Waals surface area contributed by atoms with Crippen molar-refractivity contribution in [3.05, 3.63) is 17.5 Å². The van der Waals surface area contributed by atoms with Crippen molar-refractivity contribution < 1.29 is 9.32 Å². The van der Waals surface area contributed by atoms with Gasteiger partial charge in [-0.25, -0.2) is 0 Å². The van der Waals surface area contributed by atoms with Crippen molar-refractivity contribution in [3.63, 3.8) is 0 Å². The zero-order chi connectivity index (χ0) is 11.4. The van der Waals surface area contributed by atoms with E-state index in [0.29, 0.717) is 17.7 Å². The first kappa shape index (κ1) is 11.1. The van der Waals surface area contributed by atoms with Gasteiger partial charge >= 0.3 is 0 Å². The molecule has 2 rings (SSSR count). The first-order valence-electron chi connectivity index (χ1n) is 5.76. The maximum Gasteiger partial charge on any atom is 0.259 e. The molecule has 0 aromatic carbocycles. The second kappa shape index (κ2) is 5.12. The molecule has 0 unspecified atom stereocenters. The number of hydrogen-bond acceptors (Lipinski definition) is 4. The minimum atomic E-state index is 0.0433. The third kappa shape index (κ3) is 2.24. The summed E-state index contributed by atoms with van der Waals surface area (Å²) in [5.41, 5.74) is 0.615. The lowest BCUT2D eigenvalue weighted by molar-refractivity contribution is 0.0764. The van der Waals surface area contributed by atoms with E-state index in [0.717, 1.165) is 32.6 Å². The average molecular weight is 223 g/mol. The Morgan fingerprint density at radius 1 is 1.56 bits per heavy atom. The summed E-state index contributed by atoms with van der Waals surface area (Å²) < 4.78 is 5.04. The zero-order valence-electron chi connectivity index (χ0n) is 9.53. The minimum absolute atomic E-state index is 0.0433. The molecular weight excluding hydrogens is 206 g/mol. The van der Waals surface area contributed by atoms with Crippen molar-refractivity contribution in [2.24, 2.45) is 0 Å². The van der Waals surface area contributed by atoms with Crippen molar-refractivity contribution >= 4 is 5.91 Å². The highest BCUT2D eigenvalue weighted by Crippen LogP contribution is 2.12. The fraction of sp³-hybridized carbons (Fsp3) is 0.636. The van der Waals surface area contributed by atoms with Crippen LogP contribution in [0.15, 0.2) is 10.7 Å². The number of rotatable bonds is 2. The molecule has 0 spiro atoms. The zero-order valence-corrected chi connectivity index (χ0v) is 9.53. The summed E-state index contributed by atoms with van der Waals surface area (Å²) in [4.78, 5) is 14.1. The number of amides is 1. The second-order valence-corrected chi connectivity index (χ2v) is 3.91. The Labute approximate surface area is 94.8 Å². The van der Waals surface area contributed by atoms with Crippen LogP contribution in [0, 0.1) is 0 Å². The van der Waals surface area contributed by atoms with Crippen molar-refractivity contribution in [3.8, 4) is 0 Å². The monoisotopic (exact) mass is 223 g/mol. The third-order valence-corrected chi connectivity index (χ3v) is 2.82. The molecule has 0 bridgehead atoms. The van der Waals surface area contributed by atoms with Gasteiger partial charge in [-0.3, -0.25) is 4.79 Å². The summed E-state index contributed by atoms with van der Waals surface area (Å²) in [5.74, 6) is 0.726. The van der Waals surface area contributed by atoms with Gasteiger partial charge in [0, 0.05) is 26.1 Å². The number of carbonyl (C=O) groups excluding carboxylic acids is 1. The van der Waals surface area contributed by atoms with Crippen LogP contribution in [-0.2, 0) is 6.42 Å². The number of hydrogen-bond donors (Lipinski definition) is 1. The molecular formula is C11H17N3O2. The molecule has 0 saturated carbocycles. The van der Waals surface area contributed by atoms with E-state index in [1.54, 1.807) is 0 Å². The highest BCUT2D eigenvalue weighted by Gasteiger charge is 2.21. The number of nitrogens with zero attached hydrogens (tertiary/aromatic N) is 2. The highest BCUT2D eigenvalue weighted by molar-refractivity contribution is 5.94. The fourth-order valence-electron chi connectivity index (χ4n) is 1.91. The smallest absolute Gasteiger partial charge is 0.259 e. The lowest BCUT2D eigenvalue weighted by Gasteiger charge is -2.19. The van der Waals surface area contributed by atoms with E-state index in [2.05, 4.69) is 10.5 Å². The standard InChI is InChI=1S/C11H17N3O2/c1-2-10-9(8-13-16-10)11(15)14-6-3-4-12-5-7-14/h8,12H,2-7H2,1H3. The molecule has 1 saturated heterocycles. The van der Waals surface area contributed by atoms with Crippen LogP contribution in [-0.4, -0.2) is 42.1 Å². The fourth-order valence-corrected chi connectivity index (χ4v) is 1.91. The molecule has 88 valence electrons. The predicted molar refractivity (Wildman–Crippen MR) is 59.3 cm³/mol. The van der Waals surface area contributed by atoms with Crippen LogP contribution in [0.2, 0.25) is 0 Å². The van der Waals surface area contributed by atoms with Gasteiger partial charge in [0.15, 0.2) is 0 Å². The van der Waals surface area contributed by atoms with Gasteiger partial charge < -0.3 is 14.7 Å². The van der Waals surface area contributed by atoms with Crippen LogP contribution in [0.4, 0.5) is 0 Å². The molecule has 0 aliphatic carbocycles. The number of carbonyl (C=O) groups is 1. The maximum absolute atomic E-state index is 12.2. The normalized spacial score (nSPS) is 17.2. The van der Waals surface area contributed by atoms with Crippen molar-refractivity contribution in [1.82, 2.24) is 15.4 Å². The van der Waals surface area contributed by atoms with E-state index in [4.69, 9.17) is 4.52 Å². The summed E-state index contributed by atoms with van der Waals surface area (Å²) in [6.45, 7) is 5.36. The van der Waals surface area contributed by atoms with Crippen LogP contribution >= 0.6 is 0 Å². The minimum Gasteiger partial charge on any atom is -0.361 e. The predicted octanol–water partition coefficient (Wildman–Crippen LogP) is 0.672. The molecule has 1 aliphatic heterocycles. The van der Waals surface area contributed by atoms with E-state index < -0.39 is 0 Å². The van der Waals surface area contributed by atoms with E-state index >= 15 is 0 Å². The largest absolute Gasteiger partial charge is 0.361 e. The maximum atomic E-state index is 12.2. The Balaban J connectivity index is 2.11. The molecule has 5 heteroatoms. The number of nitrogens with one attached hydrogen (secondary N) is 1. The first-order valence-corrected chi connectivity index (χ1v) is 5.76. The number of aromatic nitrogens is 1. The Bertz CT molecular complexity index is 354. The second-order valence-electron chi connectivity index (χ2n) is 3.91. The Morgan fingerprint density at radius 2 is 2.44 bits per heavy atom. The van der Waals surface area contributed by atoms with Gasteiger partial charge in [0.05, 0.1) is 6.20 Å².